The predicted octanol–water partition coefficient (Wildman–Crippen LogP) is 2.35. The summed E-state index contributed by atoms with van der Waals surface area (Å²) in [5.74, 6) is -1.93. The third-order valence-corrected chi connectivity index (χ3v) is 2.10. The van der Waals surface area contributed by atoms with Crippen LogP contribution in [0.15, 0.2) is 18.2 Å². The van der Waals surface area contributed by atoms with Gasteiger partial charge in [-0.05, 0) is 18.2 Å². The molecule has 1 aromatic rings. The van der Waals surface area contributed by atoms with Gasteiger partial charge in [-0.15, -0.1) is 0 Å². The molecule has 18 heavy (non-hydrogen) atoms. The molecule has 1 amide bonds. The van der Waals surface area contributed by atoms with Crippen LogP contribution in [0.5, 0.6) is 0 Å². The van der Waals surface area contributed by atoms with E-state index in [9.17, 15) is 22.4 Å². The van der Waals surface area contributed by atoms with Crippen LogP contribution in [0, 0.1) is 5.82 Å². The van der Waals surface area contributed by atoms with Gasteiger partial charge < -0.3 is 11.1 Å². The normalized spacial score (nSPS) is 11.1. The average Bonchev–Trinajstić information content (AvgIpc) is 2.17. The summed E-state index contributed by atoms with van der Waals surface area (Å²) in [4.78, 5) is 10.9. The summed E-state index contributed by atoms with van der Waals surface area (Å²) in [6.07, 6.45) is -6.26. The molecular weight excluding hydrogens is 272 g/mol. The third-order valence-electron chi connectivity index (χ3n) is 1.88. The number of carbonyl (C=O) groups is 1. The van der Waals surface area contributed by atoms with Gasteiger partial charge in [-0.3, -0.25) is 4.79 Å². The lowest BCUT2D eigenvalue weighted by molar-refractivity contribution is -0.150. The van der Waals surface area contributed by atoms with Crippen molar-refractivity contribution in [3.63, 3.8) is 0 Å². The van der Waals surface area contributed by atoms with Gasteiger partial charge >= 0.3 is 6.18 Å². The minimum absolute atomic E-state index is 0.0273. The van der Waals surface area contributed by atoms with Gasteiger partial charge in [-0.2, -0.15) is 13.2 Å². The van der Waals surface area contributed by atoms with Crippen LogP contribution in [0.25, 0.3) is 0 Å². The fourth-order valence-electron chi connectivity index (χ4n) is 1.21. The van der Waals surface area contributed by atoms with Crippen molar-refractivity contribution >= 4 is 28.8 Å². The van der Waals surface area contributed by atoms with E-state index in [4.69, 9.17) is 5.73 Å². The van der Waals surface area contributed by atoms with Gasteiger partial charge in [0.2, 0.25) is 5.91 Å². The number of alkyl halides is 3. The van der Waals surface area contributed by atoms with Crippen molar-refractivity contribution in [2.45, 2.75) is 12.6 Å². The van der Waals surface area contributed by atoms with Crippen LogP contribution >= 0.6 is 12.2 Å². The number of hydrogen-bond acceptors (Lipinski definition) is 2. The minimum Gasteiger partial charge on any atom is -0.389 e. The Morgan fingerprint density at radius 1 is 1.39 bits per heavy atom. The zero-order chi connectivity index (χ0) is 13.9. The highest BCUT2D eigenvalue weighted by molar-refractivity contribution is 7.80. The summed E-state index contributed by atoms with van der Waals surface area (Å²) in [5.41, 5.74) is 5.19. The number of thiocarbonyl (C=S) groups is 1. The molecule has 0 heterocycles. The highest BCUT2D eigenvalue weighted by atomic mass is 32.1. The minimum atomic E-state index is -4.62. The fourth-order valence-corrected chi connectivity index (χ4v) is 1.37. The highest BCUT2D eigenvalue weighted by Gasteiger charge is 2.31. The standard InChI is InChI=1S/C10H8F4N2OS/c11-5-1-2-7(6(3-5)9(15)18)16-8(17)4-10(12,13)14/h1-3H,4H2,(H2,15,18)(H,16,17). The molecule has 0 saturated heterocycles. The summed E-state index contributed by atoms with van der Waals surface area (Å²) in [6, 6.07) is 3.01. The van der Waals surface area contributed by atoms with Gasteiger partial charge in [-0.25, -0.2) is 4.39 Å². The molecule has 0 fully saturated rings. The molecule has 3 nitrogen and oxygen atoms in total. The molecule has 0 aliphatic carbocycles. The van der Waals surface area contributed by atoms with E-state index in [0.717, 1.165) is 18.2 Å². The zero-order valence-electron chi connectivity index (χ0n) is 8.84. The smallest absolute Gasteiger partial charge is 0.389 e. The molecule has 1 rings (SSSR count). The number of halogens is 4. The monoisotopic (exact) mass is 280 g/mol. The van der Waals surface area contributed by atoms with Gasteiger partial charge in [0.25, 0.3) is 0 Å². The number of hydrogen-bond donors (Lipinski definition) is 2. The Hall–Kier alpha value is -1.70. The quantitative estimate of drug-likeness (QED) is 0.660. The summed E-state index contributed by atoms with van der Waals surface area (Å²) >= 11 is 4.61. The molecule has 0 unspecified atom stereocenters. The molecule has 0 radical (unpaired) electrons. The molecule has 0 bridgehead atoms. The molecule has 0 aliphatic heterocycles. The van der Waals surface area contributed by atoms with Crippen molar-refractivity contribution in [3.05, 3.63) is 29.6 Å². The van der Waals surface area contributed by atoms with E-state index in [1.54, 1.807) is 0 Å². The van der Waals surface area contributed by atoms with Crippen LogP contribution in [0.4, 0.5) is 23.2 Å². The zero-order valence-corrected chi connectivity index (χ0v) is 9.66. The molecule has 0 aromatic heterocycles. The highest BCUT2D eigenvalue weighted by Crippen LogP contribution is 2.22. The molecule has 8 heteroatoms. The van der Waals surface area contributed by atoms with Crippen LogP contribution < -0.4 is 11.1 Å². The first-order valence-electron chi connectivity index (χ1n) is 4.65. The third kappa shape index (κ3) is 4.28. The van der Waals surface area contributed by atoms with Crippen LogP contribution in [0.3, 0.4) is 0 Å². The number of nitrogens with one attached hydrogen (secondary N) is 1. The summed E-state index contributed by atoms with van der Waals surface area (Å²) in [7, 11) is 0. The van der Waals surface area contributed by atoms with E-state index in [1.165, 1.54) is 0 Å². The second kappa shape index (κ2) is 5.30. The Morgan fingerprint density at radius 2 is 2.00 bits per heavy atom. The van der Waals surface area contributed by atoms with Crippen LogP contribution in [0.1, 0.15) is 12.0 Å². The predicted molar refractivity (Wildman–Crippen MR) is 61.6 cm³/mol. The van der Waals surface area contributed by atoms with Crippen molar-refractivity contribution in [2.24, 2.45) is 5.73 Å². The molecule has 0 atom stereocenters. The van der Waals surface area contributed by atoms with Crippen LogP contribution in [0.2, 0.25) is 0 Å². The lowest BCUT2D eigenvalue weighted by atomic mass is 10.1. The second-order valence-electron chi connectivity index (χ2n) is 3.39. The molecule has 0 saturated carbocycles. The maximum Gasteiger partial charge on any atom is 0.397 e. The van der Waals surface area contributed by atoms with Gasteiger partial charge in [0.1, 0.15) is 17.2 Å². The number of anilines is 1. The fraction of sp³-hybridized carbons (Fsp3) is 0.200. The van der Waals surface area contributed by atoms with Crippen molar-refractivity contribution in [3.8, 4) is 0 Å². The summed E-state index contributed by atoms with van der Waals surface area (Å²) in [5, 5.41) is 1.98. The summed E-state index contributed by atoms with van der Waals surface area (Å²) in [6.45, 7) is 0. The maximum absolute atomic E-state index is 12.9. The van der Waals surface area contributed by atoms with Gasteiger partial charge in [0.15, 0.2) is 0 Å². The Kier molecular flexibility index (Phi) is 4.23. The number of benzene rings is 1. The first-order valence-corrected chi connectivity index (χ1v) is 5.06. The Morgan fingerprint density at radius 3 is 2.50 bits per heavy atom. The summed E-state index contributed by atoms with van der Waals surface area (Å²) < 4.78 is 48.8. The van der Waals surface area contributed by atoms with E-state index in [-0.39, 0.29) is 16.2 Å². The Labute approximate surface area is 105 Å². The lowest BCUT2D eigenvalue weighted by Crippen LogP contribution is -2.23. The number of rotatable bonds is 3. The Balaban J connectivity index is 2.91. The SMILES string of the molecule is NC(=S)c1cc(F)ccc1NC(=O)CC(F)(F)F. The molecule has 98 valence electrons. The van der Waals surface area contributed by atoms with Crippen molar-refractivity contribution < 1.29 is 22.4 Å². The number of carbonyl (C=O) groups excluding carboxylic acids is 1. The van der Waals surface area contributed by atoms with Crippen molar-refractivity contribution in [2.75, 3.05) is 5.32 Å². The van der Waals surface area contributed by atoms with E-state index in [1.807, 2.05) is 5.32 Å². The van der Waals surface area contributed by atoms with E-state index in [0.29, 0.717) is 0 Å². The van der Waals surface area contributed by atoms with E-state index < -0.39 is 24.3 Å². The molecule has 0 aliphatic rings. The molecular formula is C10H8F4N2OS. The first-order chi connectivity index (χ1) is 8.19. The van der Waals surface area contributed by atoms with Gasteiger partial charge in [-0.1, -0.05) is 12.2 Å². The largest absolute Gasteiger partial charge is 0.397 e. The van der Waals surface area contributed by atoms with Crippen molar-refractivity contribution in [1.29, 1.82) is 0 Å². The molecule has 1 aromatic carbocycles. The first kappa shape index (κ1) is 14.4. The van der Waals surface area contributed by atoms with E-state index in [2.05, 4.69) is 12.2 Å². The van der Waals surface area contributed by atoms with Crippen LogP contribution in [-0.2, 0) is 4.79 Å². The molecule has 3 N–H and O–H groups in total. The van der Waals surface area contributed by atoms with Gasteiger partial charge in [0.05, 0.1) is 5.69 Å². The Bertz CT molecular complexity index is 487. The van der Waals surface area contributed by atoms with Gasteiger partial charge in [0, 0.05) is 5.56 Å². The van der Waals surface area contributed by atoms with E-state index >= 15 is 0 Å². The number of amides is 1. The second-order valence-corrected chi connectivity index (χ2v) is 3.83. The van der Waals surface area contributed by atoms with Crippen molar-refractivity contribution in [1.82, 2.24) is 0 Å². The topological polar surface area (TPSA) is 55.1 Å². The lowest BCUT2D eigenvalue weighted by Gasteiger charge is -2.11. The van der Waals surface area contributed by atoms with Crippen LogP contribution in [-0.4, -0.2) is 17.1 Å². The maximum atomic E-state index is 12.9. The number of nitrogens with two attached hydrogens (primary N) is 1. The average molecular weight is 280 g/mol. The molecule has 0 spiro atoms.